The van der Waals surface area contributed by atoms with Gasteiger partial charge in [0.05, 0.1) is 17.9 Å². The van der Waals surface area contributed by atoms with Gasteiger partial charge in [0.1, 0.15) is 17.6 Å². The lowest BCUT2D eigenvalue weighted by Gasteiger charge is -2.27. The summed E-state index contributed by atoms with van der Waals surface area (Å²) < 4.78 is 5.74. The van der Waals surface area contributed by atoms with E-state index < -0.39 is 17.7 Å². The van der Waals surface area contributed by atoms with E-state index in [9.17, 15) is 14.7 Å². The highest BCUT2D eigenvalue weighted by Gasteiger charge is 2.46. The van der Waals surface area contributed by atoms with Crippen molar-refractivity contribution in [3.05, 3.63) is 65.0 Å². The number of carbonyl (C=O) groups excluding carboxylic acids is 2. The van der Waals surface area contributed by atoms with E-state index in [1.54, 1.807) is 30.5 Å². The van der Waals surface area contributed by atoms with Gasteiger partial charge in [-0.25, -0.2) is 0 Å². The molecule has 1 amide bonds. The summed E-state index contributed by atoms with van der Waals surface area (Å²) >= 11 is 0. The Balaban J connectivity index is 2.11. The van der Waals surface area contributed by atoms with Crippen molar-refractivity contribution < 1.29 is 19.4 Å². The summed E-state index contributed by atoms with van der Waals surface area (Å²) in [6.07, 6.45) is 1.63. The fraction of sp³-hybridized carbons (Fsp3) is 0.444. The van der Waals surface area contributed by atoms with Crippen molar-refractivity contribution in [1.82, 2.24) is 14.8 Å². The third kappa shape index (κ3) is 5.14. The van der Waals surface area contributed by atoms with Crippen molar-refractivity contribution in [1.29, 1.82) is 0 Å². The molecule has 1 fully saturated rings. The minimum absolute atomic E-state index is 0.0714. The van der Waals surface area contributed by atoms with Crippen LogP contribution in [-0.4, -0.2) is 64.4 Å². The van der Waals surface area contributed by atoms with Gasteiger partial charge in [-0.2, -0.15) is 0 Å². The molecule has 2 aromatic rings. The molecule has 1 saturated heterocycles. The second-order valence-corrected chi connectivity index (χ2v) is 8.61. The number of aliphatic hydroxyl groups excluding tert-OH is 1. The van der Waals surface area contributed by atoms with E-state index in [0.29, 0.717) is 31.0 Å². The highest BCUT2D eigenvalue weighted by atomic mass is 16.5. The number of likely N-dealkylation sites (tertiary alicyclic amines) is 1. The average Bonchev–Trinajstić information content (AvgIpc) is 3.10. The molecule has 7 nitrogen and oxygen atoms in total. The molecule has 7 heteroatoms. The number of Topliss-reactive ketones (excluding diaryl/α,β-unsaturated/α-hetero) is 1. The van der Waals surface area contributed by atoms with Crippen LogP contribution >= 0.6 is 0 Å². The summed E-state index contributed by atoms with van der Waals surface area (Å²) in [5, 5.41) is 11.4. The van der Waals surface area contributed by atoms with Gasteiger partial charge in [-0.05, 0) is 61.8 Å². The maximum atomic E-state index is 13.2. The molecule has 3 rings (SSSR count). The summed E-state index contributed by atoms with van der Waals surface area (Å²) in [6.45, 7) is 13.3. The number of aromatic nitrogens is 1. The topological polar surface area (TPSA) is 83.0 Å². The summed E-state index contributed by atoms with van der Waals surface area (Å²) in [4.78, 5) is 34.5. The van der Waals surface area contributed by atoms with E-state index in [0.717, 1.165) is 24.4 Å². The summed E-state index contributed by atoms with van der Waals surface area (Å²) in [7, 11) is 0. The third-order valence-corrected chi connectivity index (χ3v) is 6.26. The van der Waals surface area contributed by atoms with Gasteiger partial charge in [0, 0.05) is 24.8 Å². The Hall–Kier alpha value is -3.19. The third-order valence-electron chi connectivity index (χ3n) is 6.26. The first-order chi connectivity index (χ1) is 16.3. The van der Waals surface area contributed by atoms with Gasteiger partial charge in [0.2, 0.25) is 0 Å². The van der Waals surface area contributed by atoms with Gasteiger partial charge in [-0.3, -0.25) is 14.6 Å². The smallest absolute Gasteiger partial charge is 0.295 e. The van der Waals surface area contributed by atoms with Crippen molar-refractivity contribution in [2.75, 3.05) is 32.8 Å². The van der Waals surface area contributed by atoms with Crippen molar-refractivity contribution in [3.63, 3.8) is 0 Å². The summed E-state index contributed by atoms with van der Waals surface area (Å²) in [5.41, 5.74) is 2.03. The van der Waals surface area contributed by atoms with Crippen LogP contribution in [-0.2, 0) is 9.59 Å². The molecule has 1 N–H and O–H groups in total. The highest BCUT2D eigenvalue weighted by Crippen LogP contribution is 2.39. The highest BCUT2D eigenvalue weighted by molar-refractivity contribution is 6.46. The van der Waals surface area contributed by atoms with E-state index in [-0.39, 0.29) is 17.3 Å². The first-order valence-corrected chi connectivity index (χ1v) is 12.0. The number of nitrogens with zero attached hydrogens (tertiary/aromatic N) is 3. The molecule has 2 heterocycles. The van der Waals surface area contributed by atoms with Crippen LogP contribution in [0.4, 0.5) is 0 Å². The number of carbonyl (C=O) groups is 2. The number of hydrogen-bond donors (Lipinski definition) is 1. The molecular formula is C27H35N3O4. The summed E-state index contributed by atoms with van der Waals surface area (Å²) in [5.74, 6) is -0.594. The number of aliphatic hydroxyl groups is 1. The lowest BCUT2D eigenvalue weighted by molar-refractivity contribution is -0.140. The molecule has 0 saturated carbocycles. The number of amides is 1. The van der Waals surface area contributed by atoms with Gasteiger partial charge < -0.3 is 19.6 Å². The fourth-order valence-corrected chi connectivity index (χ4v) is 4.33. The molecule has 182 valence electrons. The Kier molecular flexibility index (Phi) is 8.45. The van der Waals surface area contributed by atoms with Crippen LogP contribution in [0.2, 0.25) is 0 Å². The molecule has 0 radical (unpaired) electrons. The predicted octanol–water partition coefficient (Wildman–Crippen LogP) is 4.37. The van der Waals surface area contributed by atoms with E-state index in [4.69, 9.17) is 4.74 Å². The zero-order chi connectivity index (χ0) is 24.8. The minimum Gasteiger partial charge on any atom is -0.507 e. The number of likely N-dealkylation sites (N-methyl/N-ethyl adjacent to an activating group) is 1. The van der Waals surface area contributed by atoms with Crippen LogP contribution in [0.5, 0.6) is 5.75 Å². The lowest BCUT2D eigenvalue weighted by Crippen LogP contribution is -2.38. The Morgan fingerprint density at radius 1 is 1.15 bits per heavy atom. The van der Waals surface area contributed by atoms with Crippen molar-refractivity contribution in [2.45, 2.75) is 46.6 Å². The molecule has 1 aliphatic heterocycles. The normalized spacial score (nSPS) is 17.7. The van der Waals surface area contributed by atoms with Gasteiger partial charge in [0.25, 0.3) is 11.7 Å². The molecule has 1 atom stereocenters. The van der Waals surface area contributed by atoms with Crippen LogP contribution in [0.15, 0.2) is 48.2 Å². The molecule has 0 bridgehead atoms. The van der Waals surface area contributed by atoms with Crippen LogP contribution in [0, 0.1) is 0 Å². The second-order valence-electron chi connectivity index (χ2n) is 8.61. The van der Waals surface area contributed by atoms with Crippen LogP contribution in [0.25, 0.3) is 5.76 Å². The van der Waals surface area contributed by atoms with Crippen LogP contribution < -0.4 is 4.74 Å². The van der Waals surface area contributed by atoms with Gasteiger partial charge in [-0.15, -0.1) is 0 Å². The van der Waals surface area contributed by atoms with E-state index in [1.165, 1.54) is 4.90 Å². The average molecular weight is 466 g/mol. The maximum absolute atomic E-state index is 13.2. The standard InChI is InChI=1S/C27H35N3O4/c1-6-29(7-2)15-16-30-24(21-11-9-10-14-28-21)23(26(32)27(30)33)25(31)19-12-13-22(34-8-3)20(17-19)18(4)5/h9-14,17-18,24,31H,6-8,15-16H2,1-5H3/b25-23-. The number of ether oxygens (including phenoxy) is 1. The Morgan fingerprint density at radius 2 is 1.88 bits per heavy atom. The van der Waals surface area contributed by atoms with Gasteiger partial charge in [-0.1, -0.05) is 33.8 Å². The number of hydrogen-bond acceptors (Lipinski definition) is 6. The first-order valence-electron chi connectivity index (χ1n) is 12.0. The number of ketones is 1. The zero-order valence-corrected chi connectivity index (χ0v) is 20.7. The number of rotatable bonds is 10. The van der Waals surface area contributed by atoms with Crippen molar-refractivity contribution in [3.8, 4) is 5.75 Å². The molecular weight excluding hydrogens is 430 g/mol. The monoisotopic (exact) mass is 465 g/mol. The molecule has 34 heavy (non-hydrogen) atoms. The molecule has 1 aromatic carbocycles. The second kappa shape index (κ2) is 11.3. The van der Waals surface area contributed by atoms with Crippen molar-refractivity contribution >= 4 is 17.4 Å². The van der Waals surface area contributed by atoms with E-state index in [2.05, 4.69) is 23.7 Å². The largest absolute Gasteiger partial charge is 0.507 e. The molecule has 0 aliphatic carbocycles. The number of benzene rings is 1. The minimum atomic E-state index is -0.745. The quantitative estimate of drug-likeness (QED) is 0.319. The molecule has 0 spiro atoms. The Morgan fingerprint density at radius 3 is 2.47 bits per heavy atom. The lowest BCUT2D eigenvalue weighted by atomic mass is 9.94. The summed E-state index contributed by atoms with van der Waals surface area (Å²) in [6, 6.07) is 10.0. The Labute approximate surface area is 202 Å². The fourth-order valence-electron chi connectivity index (χ4n) is 4.33. The number of pyridine rings is 1. The SMILES string of the molecule is CCOc1ccc(/C(O)=C2/C(=O)C(=O)N(CCN(CC)CC)C2c2ccccn2)cc1C(C)C. The molecule has 1 unspecified atom stereocenters. The molecule has 1 aliphatic rings. The van der Waals surface area contributed by atoms with Gasteiger partial charge >= 0.3 is 0 Å². The maximum Gasteiger partial charge on any atom is 0.295 e. The first kappa shape index (κ1) is 25.4. The van der Waals surface area contributed by atoms with E-state index >= 15 is 0 Å². The predicted molar refractivity (Wildman–Crippen MR) is 133 cm³/mol. The van der Waals surface area contributed by atoms with Gasteiger partial charge in [0.15, 0.2) is 0 Å². The van der Waals surface area contributed by atoms with E-state index in [1.807, 2.05) is 32.9 Å². The Bertz CT molecular complexity index is 1050. The van der Waals surface area contributed by atoms with Crippen molar-refractivity contribution in [2.24, 2.45) is 0 Å². The van der Waals surface area contributed by atoms with Crippen LogP contribution in [0.1, 0.15) is 63.4 Å². The molecule has 1 aromatic heterocycles. The van der Waals surface area contributed by atoms with Crippen LogP contribution in [0.3, 0.4) is 0 Å². The zero-order valence-electron chi connectivity index (χ0n) is 20.7.